The second kappa shape index (κ2) is 7.10. The van der Waals surface area contributed by atoms with Gasteiger partial charge in [-0.1, -0.05) is 17.7 Å². The fourth-order valence-electron chi connectivity index (χ4n) is 2.19. The zero-order valence-corrected chi connectivity index (χ0v) is 12.4. The van der Waals surface area contributed by atoms with Gasteiger partial charge in [0.05, 0.1) is 6.61 Å². The number of likely N-dealkylation sites (N-methyl/N-ethyl adjacent to an activating group) is 1. The van der Waals surface area contributed by atoms with Crippen LogP contribution >= 0.6 is 11.6 Å². The van der Waals surface area contributed by atoms with Gasteiger partial charge in [-0.2, -0.15) is 0 Å². The largest absolute Gasteiger partial charge is 0.383 e. The summed E-state index contributed by atoms with van der Waals surface area (Å²) in [6.07, 6.45) is 0. The van der Waals surface area contributed by atoms with Crippen LogP contribution in [0, 0.1) is 6.92 Å². The number of halogens is 1. The molecule has 1 aromatic rings. The highest BCUT2D eigenvalue weighted by atomic mass is 35.5. The number of hydrogen-bond donors (Lipinski definition) is 1. The van der Waals surface area contributed by atoms with Crippen molar-refractivity contribution in [2.24, 2.45) is 5.73 Å². The van der Waals surface area contributed by atoms with Gasteiger partial charge in [-0.25, -0.2) is 0 Å². The van der Waals surface area contributed by atoms with Crippen molar-refractivity contribution < 1.29 is 4.74 Å². The highest BCUT2D eigenvalue weighted by Gasteiger charge is 2.21. The van der Waals surface area contributed by atoms with E-state index >= 15 is 0 Å². The van der Waals surface area contributed by atoms with Gasteiger partial charge in [0.25, 0.3) is 0 Å². The van der Waals surface area contributed by atoms with Crippen molar-refractivity contribution in [1.29, 1.82) is 0 Å². The molecular formula is C14H23ClN2O. The third-order valence-corrected chi connectivity index (χ3v) is 3.64. The van der Waals surface area contributed by atoms with Crippen LogP contribution in [0.25, 0.3) is 0 Å². The normalized spacial score (nSPS) is 14.8. The predicted octanol–water partition coefficient (Wildman–Crippen LogP) is 2.61. The molecule has 2 unspecified atom stereocenters. The number of rotatable bonds is 6. The first kappa shape index (κ1) is 15.4. The fraction of sp³-hybridized carbons (Fsp3) is 0.571. The lowest BCUT2D eigenvalue weighted by Gasteiger charge is -2.33. The minimum absolute atomic E-state index is 0.187. The molecule has 0 aromatic heterocycles. The highest BCUT2D eigenvalue weighted by molar-refractivity contribution is 6.30. The summed E-state index contributed by atoms with van der Waals surface area (Å²) in [5, 5.41) is 0.764. The Morgan fingerprint density at radius 1 is 1.44 bits per heavy atom. The van der Waals surface area contributed by atoms with Crippen LogP contribution in [0.1, 0.15) is 24.1 Å². The predicted molar refractivity (Wildman–Crippen MR) is 77.1 cm³/mol. The van der Waals surface area contributed by atoms with Gasteiger partial charge in [-0.3, -0.25) is 4.90 Å². The Labute approximate surface area is 115 Å². The number of hydrogen-bond acceptors (Lipinski definition) is 3. The lowest BCUT2D eigenvalue weighted by molar-refractivity contribution is 0.0909. The quantitative estimate of drug-likeness (QED) is 0.864. The Bertz CT molecular complexity index is 384. The molecule has 1 aromatic carbocycles. The summed E-state index contributed by atoms with van der Waals surface area (Å²) < 4.78 is 5.20. The molecule has 0 fully saturated rings. The van der Waals surface area contributed by atoms with E-state index in [2.05, 4.69) is 31.9 Å². The number of methoxy groups -OCH3 is 1. The molecule has 2 atom stereocenters. The molecular weight excluding hydrogens is 248 g/mol. The van der Waals surface area contributed by atoms with E-state index in [0.29, 0.717) is 19.2 Å². The number of benzene rings is 1. The first-order valence-corrected chi connectivity index (χ1v) is 6.56. The lowest BCUT2D eigenvalue weighted by atomic mass is 9.99. The van der Waals surface area contributed by atoms with Gasteiger partial charge in [0, 0.05) is 30.8 Å². The second-order valence-electron chi connectivity index (χ2n) is 4.72. The highest BCUT2D eigenvalue weighted by Crippen LogP contribution is 2.25. The van der Waals surface area contributed by atoms with Crippen molar-refractivity contribution in [2.45, 2.75) is 25.9 Å². The van der Waals surface area contributed by atoms with E-state index in [4.69, 9.17) is 22.1 Å². The monoisotopic (exact) mass is 270 g/mol. The van der Waals surface area contributed by atoms with Crippen LogP contribution < -0.4 is 5.73 Å². The molecule has 0 saturated heterocycles. The molecule has 18 heavy (non-hydrogen) atoms. The Hall–Kier alpha value is -0.610. The number of ether oxygens (including phenoxy) is 1. The minimum Gasteiger partial charge on any atom is -0.383 e. The van der Waals surface area contributed by atoms with E-state index in [1.54, 1.807) is 7.11 Å². The second-order valence-corrected chi connectivity index (χ2v) is 5.16. The van der Waals surface area contributed by atoms with Gasteiger partial charge in [0.1, 0.15) is 0 Å². The first-order valence-electron chi connectivity index (χ1n) is 6.18. The van der Waals surface area contributed by atoms with Gasteiger partial charge < -0.3 is 10.5 Å². The Balaban J connectivity index is 2.94. The number of aryl methyl sites for hydroxylation is 1. The molecule has 0 amide bonds. The molecule has 0 heterocycles. The molecule has 0 saturated carbocycles. The molecule has 0 aliphatic carbocycles. The maximum Gasteiger partial charge on any atom is 0.0615 e. The molecule has 2 N–H and O–H groups in total. The molecule has 0 aliphatic rings. The minimum atomic E-state index is 0.187. The third-order valence-electron chi connectivity index (χ3n) is 3.41. The van der Waals surface area contributed by atoms with Gasteiger partial charge in [0.2, 0.25) is 0 Å². The van der Waals surface area contributed by atoms with E-state index < -0.39 is 0 Å². The summed E-state index contributed by atoms with van der Waals surface area (Å²) in [4.78, 5) is 2.25. The zero-order valence-electron chi connectivity index (χ0n) is 11.6. The fourth-order valence-corrected chi connectivity index (χ4v) is 2.42. The summed E-state index contributed by atoms with van der Waals surface area (Å²) in [6, 6.07) is 6.46. The van der Waals surface area contributed by atoms with Crippen LogP contribution in [0.15, 0.2) is 18.2 Å². The van der Waals surface area contributed by atoms with Crippen LogP contribution in [-0.2, 0) is 4.74 Å². The van der Waals surface area contributed by atoms with Crippen molar-refractivity contribution in [3.63, 3.8) is 0 Å². The van der Waals surface area contributed by atoms with Crippen molar-refractivity contribution in [3.05, 3.63) is 34.3 Å². The maximum absolute atomic E-state index is 5.99. The summed E-state index contributed by atoms with van der Waals surface area (Å²) in [5.41, 5.74) is 8.34. The lowest BCUT2D eigenvalue weighted by Crippen LogP contribution is -2.39. The van der Waals surface area contributed by atoms with E-state index in [1.165, 1.54) is 11.1 Å². The first-order chi connectivity index (χ1) is 8.51. The molecule has 102 valence electrons. The Kier molecular flexibility index (Phi) is 6.09. The maximum atomic E-state index is 5.99. The molecule has 0 aliphatic heterocycles. The SMILES string of the molecule is COCC(C)N(C)C(CN)c1ccc(Cl)cc1C. The third kappa shape index (κ3) is 3.69. The summed E-state index contributed by atoms with van der Waals surface area (Å²) in [5.74, 6) is 0. The van der Waals surface area contributed by atoms with Crippen LogP contribution in [0.4, 0.5) is 0 Å². The number of nitrogens with two attached hydrogens (primary N) is 1. The molecule has 0 bridgehead atoms. The molecule has 0 radical (unpaired) electrons. The standard InChI is InChI=1S/C14H23ClN2O/c1-10-7-12(15)5-6-13(10)14(8-16)17(3)11(2)9-18-4/h5-7,11,14H,8-9,16H2,1-4H3. The Morgan fingerprint density at radius 2 is 2.11 bits per heavy atom. The van der Waals surface area contributed by atoms with E-state index in [-0.39, 0.29) is 6.04 Å². The molecule has 0 spiro atoms. The molecule has 3 nitrogen and oxygen atoms in total. The summed E-state index contributed by atoms with van der Waals surface area (Å²) in [6.45, 7) is 5.47. The van der Waals surface area contributed by atoms with Crippen LogP contribution in [0.5, 0.6) is 0 Å². The average Bonchev–Trinajstić information content (AvgIpc) is 2.32. The Morgan fingerprint density at radius 3 is 2.61 bits per heavy atom. The van der Waals surface area contributed by atoms with E-state index in [0.717, 1.165) is 5.02 Å². The van der Waals surface area contributed by atoms with Crippen LogP contribution in [0.3, 0.4) is 0 Å². The van der Waals surface area contributed by atoms with Crippen LogP contribution in [0.2, 0.25) is 5.02 Å². The van der Waals surface area contributed by atoms with Crippen molar-refractivity contribution in [3.8, 4) is 0 Å². The van der Waals surface area contributed by atoms with Gasteiger partial charge in [-0.05, 0) is 44.2 Å². The van der Waals surface area contributed by atoms with Crippen molar-refractivity contribution >= 4 is 11.6 Å². The molecule has 4 heteroatoms. The smallest absolute Gasteiger partial charge is 0.0615 e. The summed E-state index contributed by atoms with van der Waals surface area (Å²) in [7, 11) is 3.80. The van der Waals surface area contributed by atoms with Crippen molar-refractivity contribution in [2.75, 3.05) is 27.3 Å². The zero-order chi connectivity index (χ0) is 13.7. The van der Waals surface area contributed by atoms with Crippen molar-refractivity contribution in [1.82, 2.24) is 4.90 Å². The average molecular weight is 271 g/mol. The van der Waals surface area contributed by atoms with Gasteiger partial charge >= 0.3 is 0 Å². The van der Waals surface area contributed by atoms with E-state index in [1.807, 2.05) is 12.1 Å². The van der Waals surface area contributed by atoms with E-state index in [9.17, 15) is 0 Å². The topological polar surface area (TPSA) is 38.5 Å². The summed E-state index contributed by atoms with van der Waals surface area (Å²) >= 11 is 5.99. The van der Waals surface area contributed by atoms with Gasteiger partial charge in [-0.15, -0.1) is 0 Å². The number of nitrogens with zero attached hydrogens (tertiary/aromatic N) is 1. The van der Waals surface area contributed by atoms with Crippen LogP contribution in [-0.4, -0.2) is 38.3 Å². The molecule has 1 rings (SSSR count). The van der Waals surface area contributed by atoms with Gasteiger partial charge in [0.15, 0.2) is 0 Å².